The minimum atomic E-state index is -4.09. The van der Waals surface area contributed by atoms with E-state index in [2.05, 4.69) is 0 Å². The van der Waals surface area contributed by atoms with E-state index in [-0.39, 0.29) is 5.02 Å². The van der Waals surface area contributed by atoms with E-state index < -0.39 is 25.5 Å². The molecular formula is C7H4Cl2O4S. The molecule has 0 radical (unpaired) electrons. The fourth-order valence-corrected chi connectivity index (χ4v) is 2.29. The molecule has 0 aliphatic carbocycles. The normalized spacial score (nSPS) is 11.3. The molecule has 0 aliphatic heterocycles. The van der Waals surface area contributed by atoms with Crippen LogP contribution in [0.2, 0.25) is 5.02 Å². The maximum absolute atomic E-state index is 11.0. The molecule has 76 valence electrons. The molecule has 0 saturated heterocycles. The van der Waals surface area contributed by atoms with Gasteiger partial charge in [0.1, 0.15) is 0 Å². The van der Waals surface area contributed by atoms with E-state index in [1.165, 1.54) is 12.1 Å². The zero-order valence-corrected chi connectivity index (χ0v) is 8.90. The first kappa shape index (κ1) is 11.3. The Morgan fingerprint density at radius 3 is 2.29 bits per heavy atom. The van der Waals surface area contributed by atoms with Gasteiger partial charge in [0.05, 0.1) is 15.5 Å². The zero-order chi connectivity index (χ0) is 10.9. The van der Waals surface area contributed by atoms with Gasteiger partial charge in [0.2, 0.25) is 0 Å². The van der Waals surface area contributed by atoms with Crippen LogP contribution in [0.3, 0.4) is 0 Å². The van der Waals surface area contributed by atoms with Crippen LogP contribution in [0.15, 0.2) is 23.1 Å². The smallest absolute Gasteiger partial charge is 0.338 e. The topological polar surface area (TPSA) is 71.4 Å². The van der Waals surface area contributed by atoms with Crippen molar-refractivity contribution >= 4 is 37.3 Å². The molecule has 0 heterocycles. The Kier molecular flexibility index (Phi) is 3.04. The second kappa shape index (κ2) is 3.76. The third-order valence-corrected chi connectivity index (χ3v) is 3.13. The maximum atomic E-state index is 11.0. The van der Waals surface area contributed by atoms with E-state index >= 15 is 0 Å². The molecule has 1 aromatic rings. The largest absolute Gasteiger partial charge is 0.478 e. The van der Waals surface area contributed by atoms with Crippen LogP contribution in [0, 0.1) is 0 Å². The van der Waals surface area contributed by atoms with Gasteiger partial charge < -0.3 is 5.11 Å². The summed E-state index contributed by atoms with van der Waals surface area (Å²) in [7, 11) is 0.936. The summed E-state index contributed by atoms with van der Waals surface area (Å²) in [6.45, 7) is 0. The summed E-state index contributed by atoms with van der Waals surface area (Å²) in [4.78, 5) is 10.2. The van der Waals surface area contributed by atoms with Crippen LogP contribution in [-0.4, -0.2) is 19.5 Å². The van der Waals surface area contributed by atoms with Gasteiger partial charge in [0.25, 0.3) is 9.05 Å². The zero-order valence-electron chi connectivity index (χ0n) is 6.57. The SMILES string of the molecule is O=C(O)c1c(Cl)cccc1S(=O)(=O)Cl. The minimum Gasteiger partial charge on any atom is -0.478 e. The highest BCUT2D eigenvalue weighted by molar-refractivity contribution is 8.13. The van der Waals surface area contributed by atoms with Crippen LogP contribution in [0.4, 0.5) is 0 Å². The maximum Gasteiger partial charge on any atom is 0.338 e. The number of hydrogen-bond donors (Lipinski definition) is 1. The lowest BCUT2D eigenvalue weighted by Crippen LogP contribution is -2.05. The number of rotatable bonds is 2. The van der Waals surface area contributed by atoms with Crippen LogP contribution in [0.5, 0.6) is 0 Å². The quantitative estimate of drug-likeness (QED) is 0.820. The number of halogens is 2. The molecule has 0 unspecified atom stereocenters. The summed E-state index contributed by atoms with van der Waals surface area (Å²) in [5.74, 6) is -1.44. The average Bonchev–Trinajstić information content (AvgIpc) is 2.01. The first-order valence-corrected chi connectivity index (χ1v) is 5.99. The van der Waals surface area contributed by atoms with Crippen LogP contribution in [0.1, 0.15) is 10.4 Å². The van der Waals surface area contributed by atoms with Gasteiger partial charge in [-0.25, -0.2) is 13.2 Å². The second-order valence-corrected chi connectivity index (χ2v) is 5.30. The third-order valence-electron chi connectivity index (χ3n) is 1.45. The van der Waals surface area contributed by atoms with Gasteiger partial charge in [0, 0.05) is 10.7 Å². The standard InChI is InChI=1S/C7H4Cl2O4S/c8-4-2-1-3-5(14(9,12)13)6(4)7(10)11/h1-3H,(H,10,11). The molecule has 1 aromatic carbocycles. The first-order chi connectivity index (χ1) is 6.34. The highest BCUT2D eigenvalue weighted by atomic mass is 35.7. The first-order valence-electron chi connectivity index (χ1n) is 3.30. The molecule has 4 nitrogen and oxygen atoms in total. The van der Waals surface area contributed by atoms with E-state index in [0.29, 0.717) is 0 Å². The second-order valence-electron chi connectivity index (χ2n) is 2.36. The average molecular weight is 255 g/mol. The van der Waals surface area contributed by atoms with Gasteiger partial charge in [-0.2, -0.15) is 0 Å². The molecular weight excluding hydrogens is 251 g/mol. The molecule has 0 aliphatic rings. The Morgan fingerprint density at radius 2 is 1.93 bits per heavy atom. The van der Waals surface area contributed by atoms with Crippen molar-refractivity contribution in [3.63, 3.8) is 0 Å². The van der Waals surface area contributed by atoms with Crippen molar-refractivity contribution in [2.24, 2.45) is 0 Å². The van der Waals surface area contributed by atoms with Gasteiger partial charge >= 0.3 is 5.97 Å². The molecule has 0 saturated carbocycles. The number of aromatic carboxylic acids is 1. The highest BCUT2D eigenvalue weighted by Gasteiger charge is 2.22. The van der Waals surface area contributed by atoms with E-state index in [1.54, 1.807) is 0 Å². The predicted octanol–water partition coefficient (Wildman–Crippen LogP) is 1.97. The molecule has 0 fully saturated rings. The van der Waals surface area contributed by atoms with Crippen LogP contribution in [-0.2, 0) is 9.05 Å². The lowest BCUT2D eigenvalue weighted by atomic mass is 10.2. The number of carbonyl (C=O) groups is 1. The summed E-state index contributed by atoms with van der Waals surface area (Å²) in [5, 5.41) is 8.53. The fourth-order valence-electron chi connectivity index (χ4n) is 0.915. The van der Waals surface area contributed by atoms with Crippen molar-refractivity contribution in [1.82, 2.24) is 0 Å². The molecule has 14 heavy (non-hydrogen) atoms. The highest BCUT2D eigenvalue weighted by Crippen LogP contribution is 2.26. The Bertz CT molecular complexity index is 480. The molecule has 1 rings (SSSR count). The van der Waals surface area contributed by atoms with Crippen LogP contribution in [0.25, 0.3) is 0 Å². The number of hydrogen-bond acceptors (Lipinski definition) is 3. The van der Waals surface area contributed by atoms with Crippen LogP contribution < -0.4 is 0 Å². The van der Waals surface area contributed by atoms with Crippen molar-refractivity contribution in [2.75, 3.05) is 0 Å². The van der Waals surface area contributed by atoms with Crippen LogP contribution >= 0.6 is 22.3 Å². The number of carboxylic acids is 1. The van der Waals surface area contributed by atoms with E-state index in [1.807, 2.05) is 0 Å². The Hall–Kier alpha value is -0.780. The molecule has 0 amide bonds. The summed E-state index contributed by atoms with van der Waals surface area (Å²) < 4.78 is 21.9. The molecule has 0 aromatic heterocycles. The molecule has 0 spiro atoms. The molecule has 1 N–H and O–H groups in total. The van der Waals surface area contributed by atoms with Gasteiger partial charge in [-0.15, -0.1) is 0 Å². The van der Waals surface area contributed by atoms with Crippen molar-refractivity contribution in [3.8, 4) is 0 Å². The van der Waals surface area contributed by atoms with E-state index in [4.69, 9.17) is 27.4 Å². The fraction of sp³-hybridized carbons (Fsp3) is 0. The Labute approximate surface area is 89.5 Å². The lowest BCUT2D eigenvalue weighted by Gasteiger charge is -2.03. The van der Waals surface area contributed by atoms with Gasteiger partial charge in [0.15, 0.2) is 0 Å². The summed E-state index contributed by atoms with van der Waals surface area (Å²) in [6.07, 6.45) is 0. The van der Waals surface area contributed by atoms with Crippen molar-refractivity contribution in [2.45, 2.75) is 4.90 Å². The minimum absolute atomic E-state index is 0.167. The summed E-state index contributed by atoms with van der Waals surface area (Å²) >= 11 is 5.53. The van der Waals surface area contributed by atoms with E-state index in [0.717, 1.165) is 6.07 Å². The Morgan fingerprint density at radius 1 is 1.36 bits per heavy atom. The van der Waals surface area contributed by atoms with Gasteiger partial charge in [-0.1, -0.05) is 17.7 Å². The Balaban J connectivity index is 3.61. The van der Waals surface area contributed by atoms with Gasteiger partial charge in [-0.05, 0) is 12.1 Å². The van der Waals surface area contributed by atoms with Crippen molar-refractivity contribution in [3.05, 3.63) is 28.8 Å². The summed E-state index contributed by atoms with van der Waals surface area (Å²) in [5.41, 5.74) is -0.510. The monoisotopic (exact) mass is 254 g/mol. The van der Waals surface area contributed by atoms with E-state index in [9.17, 15) is 13.2 Å². The summed E-state index contributed by atoms with van der Waals surface area (Å²) in [6, 6.07) is 3.66. The predicted molar refractivity (Wildman–Crippen MR) is 51.5 cm³/mol. The number of carboxylic acid groups (broad SMARTS) is 1. The molecule has 0 atom stereocenters. The van der Waals surface area contributed by atoms with Crippen molar-refractivity contribution in [1.29, 1.82) is 0 Å². The lowest BCUT2D eigenvalue weighted by molar-refractivity contribution is 0.0693. The molecule has 0 bridgehead atoms. The number of benzene rings is 1. The van der Waals surface area contributed by atoms with Crippen molar-refractivity contribution < 1.29 is 18.3 Å². The third kappa shape index (κ3) is 2.17. The van der Waals surface area contributed by atoms with Gasteiger partial charge in [-0.3, -0.25) is 0 Å². The molecule has 7 heteroatoms.